The number of nitrogens with zero attached hydrogens (tertiary/aromatic N) is 1. The fraction of sp³-hybridized carbons (Fsp3) is 0.615. The van der Waals surface area contributed by atoms with Gasteiger partial charge in [-0.25, -0.2) is 8.42 Å². The van der Waals surface area contributed by atoms with Crippen molar-refractivity contribution in [3.05, 3.63) is 20.3 Å². The van der Waals surface area contributed by atoms with Gasteiger partial charge in [0.05, 0.1) is 26.8 Å². The van der Waals surface area contributed by atoms with Gasteiger partial charge in [0.1, 0.15) is 0 Å². The first kappa shape index (κ1) is 16.9. The number of ether oxygens (including phenoxy) is 1. The second kappa shape index (κ2) is 6.76. The van der Waals surface area contributed by atoms with Gasteiger partial charge in [-0.2, -0.15) is 0 Å². The highest BCUT2D eigenvalue weighted by atomic mass is 79.9. The summed E-state index contributed by atoms with van der Waals surface area (Å²) < 4.78 is 29.3. The lowest BCUT2D eigenvalue weighted by molar-refractivity contribution is 0.0629. The van der Waals surface area contributed by atoms with Gasteiger partial charge >= 0.3 is 0 Å². The first-order valence-corrected chi connectivity index (χ1v) is 10.0. The molecule has 0 N–H and O–H groups in total. The van der Waals surface area contributed by atoms with Crippen LogP contribution < -0.4 is 0 Å². The minimum atomic E-state index is -3.02. The third kappa shape index (κ3) is 4.06. The second-order valence-electron chi connectivity index (χ2n) is 5.12. The molecule has 1 aliphatic heterocycles. The van der Waals surface area contributed by atoms with Crippen molar-refractivity contribution in [3.63, 3.8) is 0 Å². The van der Waals surface area contributed by atoms with Crippen LogP contribution in [0.1, 0.15) is 21.7 Å². The molecule has 2 heterocycles. The number of aryl methyl sites for hydroxylation is 1. The predicted molar refractivity (Wildman–Crippen MR) is 86.7 cm³/mol. The lowest BCUT2D eigenvalue weighted by Crippen LogP contribution is -2.42. The van der Waals surface area contributed by atoms with Gasteiger partial charge in [0.25, 0.3) is 5.91 Å². The van der Waals surface area contributed by atoms with Crippen molar-refractivity contribution < 1.29 is 17.9 Å². The van der Waals surface area contributed by atoms with Crippen LogP contribution in [0.5, 0.6) is 0 Å². The summed E-state index contributed by atoms with van der Waals surface area (Å²) in [5.41, 5.74) is 1.01. The summed E-state index contributed by atoms with van der Waals surface area (Å²) >= 11 is 4.79. The van der Waals surface area contributed by atoms with E-state index >= 15 is 0 Å². The van der Waals surface area contributed by atoms with Gasteiger partial charge in [0.15, 0.2) is 9.84 Å². The average molecular weight is 396 g/mol. The van der Waals surface area contributed by atoms with Crippen LogP contribution in [0.2, 0.25) is 0 Å². The van der Waals surface area contributed by atoms with E-state index in [1.807, 2.05) is 13.0 Å². The molecule has 0 spiro atoms. The van der Waals surface area contributed by atoms with Crippen LogP contribution >= 0.6 is 27.3 Å². The quantitative estimate of drug-likeness (QED) is 0.765. The number of carbonyl (C=O) groups is 1. The van der Waals surface area contributed by atoms with Crippen LogP contribution in [-0.2, 0) is 14.6 Å². The fourth-order valence-corrected chi connectivity index (χ4v) is 5.59. The number of hydrogen-bond donors (Lipinski definition) is 0. The number of amides is 1. The van der Waals surface area contributed by atoms with E-state index in [-0.39, 0.29) is 23.5 Å². The van der Waals surface area contributed by atoms with Crippen molar-refractivity contribution in [2.45, 2.75) is 19.4 Å². The summed E-state index contributed by atoms with van der Waals surface area (Å²) in [5.74, 6) is 0.0863. The Bertz CT molecular complexity index is 607. The molecule has 2 rings (SSSR count). The topological polar surface area (TPSA) is 63.7 Å². The third-order valence-electron chi connectivity index (χ3n) is 3.51. The number of thiophene rings is 1. The molecule has 1 amide bonds. The zero-order valence-corrected chi connectivity index (χ0v) is 15.2. The maximum Gasteiger partial charge on any atom is 0.264 e. The molecule has 8 heteroatoms. The number of methoxy groups -OCH3 is 1. The average Bonchev–Trinajstić information content (AvgIpc) is 2.93. The van der Waals surface area contributed by atoms with E-state index < -0.39 is 9.84 Å². The van der Waals surface area contributed by atoms with Crippen molar-refractivity contribution >= 4 is 43.0 Å². The monoisotopic (exact) mass is 395 g/mol. The Balaban J connectivity index is 2.21. The summed E-state index contributed by atoms with van der Waals surface area (Å²) in [6.45, 7) is 2.73. The molecule has 118 valence electrons. The standard InChI is InChI=1S/C13H18BrNO4S2/c1-9-7-11(20-12(9)14)13(16)15(4-5-19-2)10-3-6-21(17,18)8-10/h7,10H,3-6,8H2,1-2H3. The zero-order chi connectivity index (χ0) is 15.6. The first-order valence-electron chi connectivity index (χ1n) is 6.60. The second-order valence-corrected chi connectivity index (χ2v) is 9.71. The SMILES string of the molecule is COCCN(C(=O)c1cc(C)c(Br)s1)C1CCS(=O)(=O)C1. The number of halogens is 1. The molecule has 5 nitrogen and oxygen atoms in total. The Labute approximate surface area is 137 Å². The Morgan fingerprint density at radius 2 is 2.29 bits per heavy atom. The summed E-state index contributed by atoms with van der Waals surface area (Å²) in [4.78, 5) is 14.9. The molecule has 1 saturated heterocycles. The molecule has 1 fully saturated rings. The number of hydrogen-bond acceptors (Lipinski definition) is 5. The molecule has 1 aromatic heterocycles. The van der Waals surface area contributed by atoms with Crippen molar-refractivity contribution in [1.82, 2.24) is 4.90 Å². The smallest absolute Gasteiger partial charge is 0.264 e. The maximum absolute atomic E-state index is 12.7. The highest BCUT2D eigenvalue weighted by Crippen LogP contribution is 2.29. The minimum absolute atomic E-state index is 0.0496. The van der Waals surface area contributed by atoms with Crippen molar-refractivity contribution in [2.75, 3.05) is 31.8 Å². The normalized spacial score (nSPS) is 20.6. The summed E-state index contributed by atoms with van der Waals surface area (Å²) in [6, 6.07) is 1.58. The molecule has 1 aromatic rings. The van der Waals surface area contributed by atoms with Crippen LogP contribution in [0.4, 0.5) is 0 Å². The Morgan fingerprint density at radius 3 is 2.76 bits per heavy atom. The summed E-state index contributed by atoms with van der Waals surface area (Å²) in [7, 11) is -1.46. The van der Waals surface area contributed by atoms with E-state index in [0.29, 0.717) is 24.4 Å². The molecule has 1 aliphatic rings. The number of carbonyl (C=O) groups excluding carboxylic acids is 1. The van der Waals surface area contributed by atoms with Gasteiger partial charge in [-0.15, -0.1) is 11.3 Å². The van der Waals surface area contributed by atoms with Crippen LogP contribution in [0.3, 0.4) is 0 Å². The van der Waals surface area contributed by atoms with E-state index in [2.05, 4.69) is 15.9 Å². The van der Waals surface area contributed by atoms with Gasteiger partial charge in [0.2, 0.25) is 0 Å². The number of sulfone groups is 1. The Morgan fingerprint density at radius 1 is 1.57 bits per heavy atom. The van der Waals surface area contributed by atoms with Crippen LogP contribution in [0, 0.1) is 6.92 Å². The molecular weight excluding hydrogens is 378 g/mol. The predicted octanol–water partition coefficient (Wildman–Crippen LogP) is 2.09. The van der Waals surface area contributed by atoms with Gasteiger partial charge in [-0.3, -0.25) is 4.79 Å². The molecular formula is C13H18BrNO4S2. The van der Waals surface area contributed by atoms with Crippen molar-refractivity contribution in [2.24, 2.45) is 0 Å². The van der Waals surface area contributed by atoms with Crippen LogP contribution in [0.25, 0.3) is 0 Å². The zero-order valence-electron chi connectivity index (χ0n) is 12.0. The highest BCUT2D eigenvalue weighted by molar-refractivity contribution is 9.11. The first-order chi connectivity index (χ1) is 9.84. The molecule has 0 aliphatic carbocycles. The highest BCUT2D eigenvalue weighted by Gasteiger charge is 2.35. The molecule has 21 heavy (non-hydrogen) atoms. The van der Waals surface area contributed by atoms with E-state index in [1.54, 1.807) is 12.0 Å². The van der Waals surface area contributed by atoms with E-state index in [4.69, 9.17) is 4.74 Å². The van der Waals surface area contributed by atoms with Gasteiger partial charge in [-0.05, 0) is 40.9 Å². The molecule has 0 radical (unpaired) electrons. The maximum atomic E-state index is 12.7. The molecule has 0 aromatic carbocycles. The van der Waals surface area contributed by atoms with Gasteiger partial charge in [-0.1, -0.05) is 0 Å². The lowest BCUT2D eigenvalue weighted by Gasteiger charge is -2.27. The largest absolute Gasteiger partial charge is 0.383 e. The molecule has 0 bridgehead atoms. The van der Waals surface area contributed by atoms with Crippen LogP contribution in [0.15, 0.2) is 9.85 Å². The summed E-state index contributed by atoms with van der Waals surface area (Å²) in [5, 5.41) is 0. The van der Waals surface area contributed by atoms with E-state index in [9.17, 15) is 13.2 Å². The van der Waals surface area contributed by atoms with Crippen LogP contribution in [-0.4, -0.2) is 57.0 Å². The Hall–Kier alpha value is -0.440. The lowest BCUT2D eigenvalue weighted by atomic mass is 10.2. The summed E-state index contributed by atoms with van der Waals surface area (Å²) in [6.07, 6.45) is 0.503. The van der Waals surface area contributed by atoms with Crippen molar-refractivity contribution in [1.29, 1.82) is 0 Å². The molecule has 1 unspecified atom stereocenters. The molecule has 1 atom stereocenters. The molecule has 0 saturated carbocycles. The van der Waals surface area contributed by atoms with E-state index in [0.717, 1.165) is 9.35 Å². The number of rotatable bonds is 5. The Kier molecular flexibility index (Phi) is 5.45. The van der Waals surface area contributed by atoms with E-state index in [1.165, 1.54) is 11.3 Å². The van der Waals surface area contributed by atoms with Gasteiger partial charge < -0.3 is 9.64 Å². The van der Waals surface area contributed by atoms with Gasteiger partial charge in [0, 0.05) is 19.7 Å². The van der Waals surface area contributed by atoms with Crippen molar-refractivity contribution in [3.8, 4) is 0 Å². The fourth-order valence-electron chi connectivity index (χ4n) is 2.37. The third-order valence-corrected chi connectivity index (χ3v) is 7.39. The minimum Gasteiger partial charge on any atom is -0.383 e.